The molecule has 4 N–H and O–H groups in total. The van der Waals surface area contributed by atoms with Crippen molar-refractivity contribution in [3.05, 3.63) is 42.5 Å². The van der Waals surface area contributed by atoms with Gasteiger partial charge in [0.2, 0.25) is 0 Å². The Morgan fingerprint density at radius 3 is 2.62 bits per heavy atom. The van der Waals surface area contributed by atoms with Gasteiger partial charge in [0, 0.05) is 6.54 Å². The average molecular weight is 361 g/mol. The highest BCUT2D eigenvalue weighted by atomic mass is 19.1. The van der Waals surface area contributed by atoms with Gasteiger partial charge in [-0.1, -0.05) is 6.07 Å². The molecule has 0 aliphatic heterocycles. The summed E-state index contributed by atoms with van der Waals surface area (Å²) in [6, 6.07) is 2.46. The maximum atomic E-state index is 13.6. The molecule has 0 aliphatic rings. The smallest absolute Gasteiger partial charge is 0.325 e. The van der Waals surface area contributed by atoms with Crippen molar-refractivity contribution in [3.63, 3.8) is 0 Å². The van der Waals surface area contributed by atoms with Gasteiger partial charge in [0.05, 0.1) is 6.33 Å². The molecule has 0 spiro atoms. The number of amides is 2. The molecule has 0 fully saturated rings. The van der Waals surface area contributed by atoms with Crippen LogP contribution in [0.25, 0.3) is 11.2 Å². The van der Waals surface area contributed by atoms with Crippen molar-refractivity contribution in [2.45, 2.75) is 19.4 Å². The summed E-state index contributed by atoms with van der Waals surface area (Å²) in [4.78, 5) is 24.4. The number of nitrogens with zero attached hydrogens (tertiary/aromatic N) is 4. The number of carbonyl (C=O) groups excluding carboxylic acids is 1. The number of hydrogen-bond acceptors (Lipinski definition) is 5. The van der Waals surface area contributed by atoms with E-state index in [0.717, 1.165) is 25.0 Å². The Labute approximate surface area is 147 Å². The molecule has 0 atom stereocenters. The summed E-state index contributed by atoms with van der Waals surface area (Å²) in [5, 5.41) is 4.57. The second kappa shape index (κ2) is 7.83. The fourth-order valence-electron chi connectivity index (χ4n) is 2.43. The van der Waals surface area contributed by atoms with E-state index in [1.54, 1.807) is 6.33 Å². The van der Waals surface area contributed by atoms with Crippen LogP contribution in [0.3, 0.4) is 0 Å². The zero-order chi connectivity index (χ0) is 18.5. The first-order chi connectivity index (χ1) is 12.6. The van der Waals surface area contributed by atoms with Gasteiger partial charge in [0.25, 0.3) is 0 Å². The van der Waals surface area contributed by atoms with Gasteiger partial charge in [-0.3, -0.25) is 5.32 Å². The maximum Gasteiger partial charge on any atom is 0.325 e. The number of nitrogens with one attached hydrogen (secondary N) is 2. The summed E-state index contributed by atoms with van der Waals surface area (Å²) in [6.07, 6.45) is 4.60. The molecule has 0 saturated heterocycles. The monoisotopic (exact) mass is 361 g/mol. The number of aromatic nitrogens is 4. The molecule has 0 saturated carbocycles. The minimum Gasteiger partial charge on any atom is -0.330 e. The van der Waals surface area contributed by atoms with Gasteiger partial charge >= 0.3 is 6.03 Å². The molecular weight excluding hydrogens is 344 g/mol. The third-order valence-electron chi connectivity index (χ3n) is 3.69. The van der Waals surface area contributed by atoms with Gasteiger partial charge in [-0.2, -0.15) is 0 Å². The number of halogens is 2. The summed E-state index contributed by atoms with van der Waals surface area (Å²) in [5.74, 6) is -1.61. The molecule has 2 aromatic heterocycles. The number of rotatable bonds is 6. The standard InChI is InChI=1S/C16H17F2N7O/c17-10-4-3-5-11(18)12(10)23-16(26)24-14-13-15(21-8-20-14)25(9-22-13)7-2-1-6-19/h3-5,8-9H,1-2,6-7,19H2,(H2,20,21,23,24,26). The van der Waals surface area contributed by atoms with E-state index in [4.69, 9.17) is 5.73 Å². The lowest BCUT2D eigenvalue weighted by Gasteiger charge is -2.09. The van der Waals surface area contributed by atoms with Gasteiger partial charge in [-0.25, -0.2) is 28.5 Å². The summed E-state index contributed by atoms with van der Waals surface area (Å²) in [5.41, 5.74) is 5.87. The van der Waals surface area contributed by atoms with E-state index in [2.05, 4.69) is 25.6 Å². The van der Waals surface area contributed by atoms with Crippen molar-refractivity contribution in [1.82, 2.24) is 19.5 Å². The van der Waals surface area contributed by atoms with Crippen LogP contribution in [0.4, 0.5) is 25.1 Å². The predicted octanol–water partition coefficient (Wildman–Crippen LogP) is 2.49. The zero-order valence-corrected chi connectivity index (χ0v) is 13.7. The lowest BCUT2D eigenvalue weighted by molar-refractivity contribution is 0.262. The molecule has 3 aromatic rings. The van der Waals surface area contributed by atoms with Crippen molar-refractivity contribution in [3.8, 4) is 0 Å². The van der Waals surface area contributed by atoms with Crippen LogP contribution < -0.4 is 16.4 Å². The molecule has 1 aromatic carbocycles. The van der Waals surface area contributed by atoms with Crippen LogP contribution in [0, 0.1) is 11.6 Å². The summed E-state index contributed by atoms with van der Waals surface area (Å²) >= 11 is 0. The van der Waals surface area contributed by atoms with E-state index in [1.165, 1.54) is 12.4 Å². The number of aryl methyl sites for hydroxylation is 1. The third kappa shape index (κ3) is 3.75. The first-order valence-corrected chi connectivity index (χ1v) is 7.98. The van der Waals surface area contributed by atoms with Crippen LogP contribution in [-0.4, -0.2) is 32.1 Å². The molecule has 26 heavy (non-hydrogen) atoms. The van der Waals surface area contributed by atoms with Crippen LogP contribution in [0.5, 0.6) is 0 Å². The number of anilines is 2. The molecule has 0 unspecified atom stereocenters. The Morgan fingerprint density at radius 1 is 1.12 bits per heavy atom. The lowest BCUT2D eigenvalue weighted by Crippen LogP contribution is -2.22. The van der Waals surface area contributed by atoms with E-state index in [1.807, 2.05) is 4.57 Å². The van der Waals surface area contributed by atoms with Crippen LogP contribution >= 0.6 is 0 Å². The molecule has 10 heteroatoms. The highest BCUT2D eigenvalue weighted by molar-refractivity contribution is 6.03. The number of hydrogen-bond donors (Lipinski definition) is 3. The van der Waals surface area contributed by atoms with Crippen molar-refractivity contribution in [1.29, 1.82) is 0 Å². The fourth-order valence-corrected chi connectivity index (χ4v) is 2.43. The Morgan fingerprint density at radius 2 is 1.88 bits per heavy atom. The summed E-state index contributed by atoms with van der Waals surface area (Å²) < 4.78 is 29.1. The van der Waals surface area contributed by atoms with Crippen LogP contribution in [0.2, 0.25) is 0 Å². The molecule has 0 aliphatic carbocycles. The zero-order valence-electron chi connectivity index (χ0n) is 13.7. The normalized spacial score (nSPS) is 10.9. The fraction of sp³-hybridized carbons (Fsp3) is 0.250. The first-order valence-electron chi connectivity index (χ1n) is 7.98. The topological polar surface area (TPSA) is 111 Å². The molecule has 2 heterocycles. The first kappa shape index (κ1) is 17.7. The van der Waals surface area contributed by atoms with Gasteiger partial charge < -0.3 is 15.6 Å². The van der Waals surface area contributed by atoms with Crippen molar-refractivity contribution >= 4 is 28.7 Å². The minimum atomic E-state index is -0.878. The van der Waals surface area contributed by atoms with Crippen LogP contribution in [-0.2, 0) is 6.54 Å². The second-order valence-corrected chi connectivity index (χ2v) is 5.50. The number of fused-ring (bicyclic) bond motifs is 1. The Bertz CT molecular complexity index is 908. The molecule has 0 radical (unpaired) electrons. The van der Waals surface area contributed by atoms with Gasteiger partial charge in [0.15, 0.2) is 17.0 Å². The highest BCUT2D eigenvalue weighted by Crippen LogP contribution is 2.20. The van der Waals surface area contributed by atoms with Crippen molar-refractivity contribution in [2.75, 3.05) is 17.2 Å². The molecule has 136 valence electrons. The Kier molecular flexibility index (Phi) is 5.32. The predicted molar refractivity (Wildman–Crippen MR) is 92.6 cm³/mol. The highest BCUT2D eigenvalue weighted by Gasteiger charge is 2.15. The average Bonchev–Trinajstić information content (AvgIpc) is 3.03. The van der Waals surface area contributed by atoms with Crippen LogP contribution in [0.1, 0.15) is 12.8 Å². The largest absolute Gasteiger partial charge is 0.330 e. The number of unbranched alkanes of at least 4 members (excludes halogenated alkanes) is 1. The molecule has 2 amide bonds. The van der Waals surface area contributed by atoms with Gasteiger partial charge in [-0.15, -0.1) is 0 Å². The SMILES string of the molecule is NCCCCn1cnc2c(NC(=O)Nc3c(F)cccc3F)ncnc21. The number of para-hydroxylation sites is 1. The molecule has 8 nitrogen and oxygen atoms in total. The Hall–Kier alpha value is -3.14. The number of carbonyl (C=O) groups is 1. The van der Waals surface area contributed by atoms with E-state index < -0.39 is 23.4 Å². The number of nitrogens with two attached hydrogens (primary N) is 1. The van der Waals surface area contributed by atoms with E-state index >= 15 is 0 Å². The number of imidazole rings is 1. The Balaban J connectivity index is 1.77. The van der Waals surface area contributed by atoms with Gasteiger partial charge in [0.1, 0.15) is 23.6 Å². The molecular formula is C16H17F2N7O. The van der Waals surface area contributed by atoms with E-state index in [9.17, 15) is 13.6 Å². The lowest BCUT2D eigenvalue weighted by atomic mass is 10.3. The maximum absolute atomic E-state index is 13.6. The summed E-state index contributed by atoms with van der Waals surface area (Å²) in [7, 11) is 0. The number of benzene rings is 1. The van der Waals surface area contributed by atoms with E-state index in [-0.39, 0.29) is 5.82 Å². The molecule has 0 bridgehead atoms. The van der Waals surface area contributed by atoms with E-state index in [0.29, 0.717) is 24.3 Å². The minimum absolute atomic E-state index is 0.141. The summed E-state index contributed by atoms with van der Waals surface area (Å²) in [6.45, 7) is 1.28. The van der Waals surface area contributed by atoms with Crippen LogP contribution in [0.15, 0.2) is 30.9 Å². The third-order valence-corrected chi connectivity index (χ3v) is 3.69. The van der Waals surface area contributed by atoms with Crippen molar-refractivity contribution < 1.29 is 13.6 Å². The van der Waals surface area contributed by atoms with Crippen molar-refractivity contribution in [2.24, 2.45) is 5.73 Å². The number of urea groups is 1. The second-order valence-electron chi connectivity index (χ2n) is 5.50. The quantitative estimate of drug-likeness (QED) is 0.584. The van der Waals surface area contributed by atoms with Gasteiger partial charge in [-0.05, 0) is 31.5 Å². The molecule has 3 rings (SSSR count).